The lowest BCUT2D eigenvalue weighted by atomic mass is 10.2. The number of nitrogens with zero attached hydrogens (tertiary/aromatic N) is 2. The van der Waals surface area contributed by atoms with Crippen molar-refractivity contribution in [3.05, 3.63) is 0 Å². The standard InChI is InChI=1S/C10H15F3N2O3/c1-9(2,3)18-8(16)15-4-7(5-15)14-17-6-10(11,12)13/h4-6H2,1-3H3. The number of rotatable bonds is 2. The van der Waals surface area contributed by atoms with Crippen LogP contribution in [-0.2, 0) is 9.57 Å². The van der Waals surface area contributed by atoms with Crippen LogP contribution in [0.25, 0.3) is 0 Å². The van der Waals surface area contributed by atoms with Crippen molar-refractivity contribution in [1.82, 2.24) is 4.90 Å². The molecule has 0 aromatic heterocycles. The van der Waals surface area contributed by atoms with E-state index in [9.17, 15) is 18.0 Å². The van der Waals surface area contributed by atoms with Crippen LogP contribution in [0.4, 0.5) is 18.0 Å². The van der Waals surface area contributed by atoms with Crippen molar-refractivity contribution in [2.24, 2.45) is 5.16 Å². The van der Waals surface area contributed by atoms with Crippen LogP contribution in [0.2, 0.25) is 0 Å². The van der Waals surface area contributed by atoms with E-state index in [1.807, 2.05) is 0 Å². The zero-order valence-corrected chi connectivity index (χ0v) is 10.4. The van der Waals surface area contributed by atoms with Gasteiger partial charge in [-0.1, -0.05) is 5.16 Å². The van der Waals surface area contributed by atoms with Crippen molar-refractivity contribution < 1.29 is 27.5 Å². The van der Waals surface area contributed by atoms with Crippen LogP contribution in [0, 0.1) is 0 Å². The molecular weight excluding hydrogens is 253 g/mol. The summed E-state index contributed by atoms with van der Waals surface area (Å²) in [5.41, 5.74) is -0.221. The van der Waals surface area contributed by atoms with E-state index in [0.29, 0.717) is 5.71 Å². The van der Waals surface area contributed by atoms with Crippen LogP contribution in [0.3, 0.4) is 0 Å². The van der Waals surface area contributed by atoms with E-state index in [4.69, 9.17) is 4.74 Å². The first-order valence-electron chi connectivity index (χ1n) is 5.29. The van der Waals surface area contributed by atoms with Gasteiger partial charge in [0.1, 0.15) is 5.60 Å². The first-order valence-corrected chi connectivity index (χ1v) is 5.29. The molecule has 0 unspecified atom stereocenters. The van der Waals surface area contributed by atoms with Crippen molar-refractivity contribution in [2.45, 2.75) is 32.5 Å². The zero-order valence-electron chi connectivity index (χ0n) is 10.4. The van der Waals surface area contributed by atoms with E-state index >= 15 is 0 Å². The lowest BCUT2D eigenvalue weighted by molar-refractivity contribution is -0.174. The van der Waals surface area contributed by atoms with Gasteiger partial charge in [-0.05, 0) is 20.8 Å². The highest BCUT2D eigenvalue weighted by Gasteiger charge is 2.32. The Hall–Kier alpha value is -1.47. The predicted molar refractivity (Wildman–Crippen MR) is 57.2 cm³/mol. The molecule has 0 bridgehead atoms. The van der Waals surface area contributed by atoms with E-state index in [0.717, 1.165) is 0 Å². The molecule has 5 nitrogen and oxygen atoms in total. The van der Waals surface area contributed by atoms with E-state index in [2.05, 4.69) is 9.99 Å². The minimum absolute atomic E-state index is 0.132. The Kier molecular flexibility index (Phi) is 4.08. The van der Waals surface area contributed by atoms with Crippen LogP contribution >= 0.6 is 0 Å². The molecular formula is C10H15F3N2O3. The molecule has 1 amide bonds. The lowest BCUT2D eigenvalue weighted by Crippen LogP contribution is -2.52. The molecule has 1 heterocycles. The highest BCUT2D eigenvalue weighted by molar-refractivity contribution is 5.98. The number of amides is 1. The molecule has 0 spiro atoms. The third-order valence-electron chi connectivity index (χ3n) is 1.82. The molecule has 0 aliphatic carbocycles. The molecule has 18 heavy (non-hydrogen) atoms. The highest BCUT2D eigenvalue weighted by atomic mass is 19.4. The minimum Gasteiger partial charge on any atom is -0.444 e. The van der Waals surface area contributed by atoms with Gasteiger partial charge in [0, 0.05) is 0 Å². The summed E-state index contributed by atoms with van der Waals surface area (Å²) in [6, 6.07) is 0. The summed E-state index contributed by atoms with van der Waals surface area (Å²) in [6.07, 6.45) is -4.92. The topological polar surface area (TPSA) is 51.1 Å². The number of carbonyl (C=O) groups is 1. The third kappa shape index (κ3) is 5.24. The molecule has 104 valence electrons. The molecule has 0 aromatic rings. The molecule has 1 fully saturated rings. The summed E-state index contributed by atoms with van der Waals surface area (Å²) in [5.74, 6) is 0. The lowest BCUT2D eigenvalue weighted by Gasteiger charge is -2.33. The van der Waals surface area contributed by atoms with Gasteiger partial charge in [-0.15, -0.1) is 0 Å². The summed E-state index contributed by atoms with van der Waals surface area (Å²) in [4.78, 5) is 16.9. The normalized spacial score (nSPS) is 16.1. The Morgan fingerprint density at radius 1 is 1.33 bits per heavy atom. The van der Waals surface area contributed by atoms with E-state index < -0.39 is 24.5 Å². The van der Waals surface area contributed by atoms with Gasteiger partial charge in [0.2, 0.25) is 6.61 Å². The summed E-state index contributed by atoms with van der Waals surface area (Å²) >= 11 is 0. The second-order valence-corrected chi connectivity index (χ2v) is 4.88. The van der Waals surface area contributed by atoms with Crippen molar-refractivity contribution in [3.8, 4) is 0 Å². The van der Waals surface area contributed by atoms with Gasteiger partial charge in [-0.3, -0.25) is 4.90 Å². The van der Waals surface area contributed by atoms with Crippen LogP contribution in [0.15, 0.2) is 5.16 Å². The third-order valence-corrected chi connectivity index (χ3v) is 1.82. The van der Waals surface area contributed by atoms with Crippen LogP contribution in [-0.4, -0.2) is 48.2 Å². The summed E-state index contributed by atoms with van der Waals surface area (Å²) < 4.78 is 40.3. The number of hydrogen-bond acceptors (Lipinski definition) is 4. The number of likely N-dealkylation sites (tertiary alicyclic amines) is 1. The maximum Gasteiger partial charge on any atom is 0.425 e. The number of ether oxygens (including phenoxy) is 1. The van der Waals surface area contributed by atoms with Crippen LogP contribution in [0.5, 0.6) is 0 Å². The average Bonchev–Trinajstić information content (AvgIpc) is 2.03. The monoisotopic (exact) mass is 268 g/mol. The quantitative estimate of drug-likeness (QED) is 0.721. The molecule has 1 saturated heterocycles. The fraction of sp³-hybridized carbons (Fsp3) is 0.800. The molecule has 0 N–H and O–H groups in total. The van der Waals surface area contributed by atoms with Gasteiger partial charge in [-0.25, -0.2) is 4.79 Å². The highest BCUT2D eigenvalue weighted by Crippen LogP contribution is 2.16. The second-order valence-electron chi connectivity index (χ2n) is 4.88. The molecule has 0 radical (unpaired) electrons. The molecule has 0 aromatic carbocycles. The van der Waals surface area contributed by atoms with Gasteiger partial charge >= 0.3 is 12.3 Å². The minimum atomic E-state index is -4.40. The molecule has 1 aliphatic heterocycles. The number of carbonyl (C=O) groups excluding carboxylic acids is 1. The van der Waals surface area contributed by atoms with E-state index in [1.54, 1.807) is 20.8 Å². The number of alkyl halides is 3. The Labute approximate surface area is 103 Å². The van der Waals surface area contributed by atoms with Gasteiger partial charge in [0.25, 0.3) is 0 Å². The van der Waals surface area contributed by atoms with Crippen molar-refractivity contribution >= 4 is 11.8 Å². The number of oxime groups is 1. The van der Waals surface area contributed by atoms with Crippen LogP contribution in [0.1, 0.15) is 20.8 Å². The molecule has 0 atom stereocenters. The first kappa shape index (κ1) is 14.6. The van der Waals surface area contributed by atoms with Crippen LogP contribution < -0.4 is 0 Å². The van der Waals surface area contributed by atoms with Gasteiger partial charge in [0.15, 0.2) is 0 Å². The van der Waals surface area contributed by atoms with E-state index in [-0.39, 0.29) is 13.1 Å². The summed E-state index contributed by atoms with van der Waals surface area (Å²) in [6.45, 7) is 4.02. The summed E-state index contributed by atoms with van der Waals surface area (Å²) in [5, 5.41) is 3.29. The fourth-order valence-corrected chi connectivity index (χ4v) is 1.10. The van der Waals surface area contributed by atoms with Gasteiger partial charge < -0.3 is 9.57 Å². The maximum absolute atomic E-state index is 11.7. The zero-order chi connectivity index (χ0) is 14.0. The maximum atomic E-state index is 11.7. The fourth-order valence-electron chi connectivity index (χ4n) is 1.10. The van der Waals surface area contributed by atoms with Gasteiger partial charge in [0.05, 0.1) is 18.8 Å². The SMILES string of the molecule is CC(C)(C)OC(=O)N1CC(=NOCC(F)(F)F)C1. The molecule has 1 aliphatic rings. The van der Waals surface area contributed by atoms with E-state index in [1.165, 1.54) is 4.90 Å². The van der Waals surface area contributed by atoms with Gasteiger partial charge in [-0.2, -0.15) is 13.2 Å². The smallest absolute Gasteiger partial charge is 0.425 e. The largest absolute Gasteiger partial charge is 0.444 e. The Bertz CT molecular complexity index is 339. The Balaban J connectivity index is 2.27. The van der Waals surface area contributed by atoms with Crippen molar-refractivity contribution in [2.75, 3.05) is 19.7 Å². The number of hydrogen-bond donors (Lipinski definition) is 0. The Morgan fingerprint density at radius 2 is 1.89 bits per heavy atom. The average molecular weight is 268 g/mol. The predicted octanol–water partition coefficient (Wildman–Crippen LogP) is 2.17. The second kappa shape index (κ2) is 5.03. The Morgan fingerprint density at radius 3 is 2.33 bits per heavy atom. The summed E-state index contributed by atoms with van der Waals surface area (Å²) in [7, 11) is 0. The van der Waals surface area contributed by atoms with Crippen molar-refractivity contribution in [1.29, 1.82) is 0 Å². The molecule has 0 saturated carbocycles. The molecule has 1 rings (SSSR count). The van der Waals surface area contributed by atoms with Crippen molar-refractivity contribution in [3.63, 3.8) is 0 Å². The first-order chi connectivity index (χ1) is 8.07. The number of halogens is 3. The molecule has 8 heteroatoms.